The largest absolute Gasteiger partial charge is 0.334 e. The van der Waals surface area contributed by atoms with Crippen molar-refractivity contribution < 1.29 is 4.79 Å². The van der Waals surface area contributed by atoms with E-state index < -0.39 is 0 Å². The van der Waals surface area contributed by atoms with Gasteiger partial charge in [-0.2, -0.15) is 5.10 Å². The highest BCUT2D eigenvalue weighted by Crippen LogP contribution is 2.22. The van der Waals surface area contributed by atoms with E-state index in [1.807, 2.05) is 19.2 Å². The lowest BCUT2D eigenvalue weighted by Crippen LogP contribution is -2.36. The molecule has 6 heteroatoms. The van der Waals surface area contributed by atoms with Crippen LogP contribution in [0.1, 0.15) is 35.4 Å². The van der Waals surface area contributed by atoms with Gasteiger partial charge in [-0.15, -0.1) is 11.8 Å². The first-order chi connectivity index (χ1) is 11.7. The van der Waals surface area contributed by atoms with Crippen LogP contribution in [-0.2, 0) is 25.9 Å². The van der Waals surface area contributed by atoms with Gasteiger partial charge in [0.2, 0.25) is 0 Å². The van der Waals surface area contributed by atoms with Crippen LogP contribution in [0.5, 0.6) is 0 Å². The van der Waals surface area contributed by atoms with Gasteiger partial charge in [-0.25, -0.2) is 4.79 Å². The highest BCUT2D eigenvalue weighted by atomic mass is 32.2. The third kappa shape index (κ3) is 3.93. The molecule has 1 aromatic heterocycles. The summed E-state index contributed by atoms with van der Waals surface area (Å²) in [7, 11) is 1.82. The van der Waals surface area contributed by atoms with Crippen LogP contribution in [0.3, 0.4) is 0 Å². The molecule has 24 heavy (non-hydrogen) atoms. The normalized spacial score (nSPS) is 13.4. The summed E-state index contributed by atoms with van der Waals surface area (Å²) in [4.78, 5) is 15.2. The van der Waals surface area contributed by atoms with Gasteiger partial charge in [0, 0.05) is 24.2 Å². The number of nitrogens with one attached hydrogen (secondary N) is 2. The fourth-order valence-electron chi connectivity index (χ4n) is 3.07. The molecule has 0 atom stereocenters. The van der Waals surface area contributed by atoms with E-state index in [1.54, 1.807) is 16.7 Å². The zero-order chi connectivity index (χ0) is 16.9. The van der Waals surface area contributed by atoms with Crippen molar-refractivity contribution in [2.75, 3.05) is 13.3 Å². The molecule has 0 saturated heterocycles. The SMILES string of the molecule is CSc1cccc(CNC(=O)N(C)Cc2n[nH]c3c2CCCC3)c1. The second-order valence-electron chi connectivity index (χ2n) is 6.20. The van der Waals surface area contributed by atoms with E-state index in [2.05, 4.69) is 33.9 Å². The molecule has 0 unspecified atom stereocenters. The van der Waals surface area contributed by atoms with Crippen molar-refractivity contribution >= 4 is 17.8 Å². The Morgan fingerprint density at radius 3 is 3.04 bits per heavy atom. The second kappa shape index (κ2) is 7.75. The number of aryl methyl sites for hydroxylation is 1. The Morgan fingerprint density at radius 1 is 1.38 bits per heavy atom. The van der Waals surface area contributed by atoms with Gasteiger partial charge < -0.3 is 10.2 Å². The molecule has 3 rings (SSSR count). The molecule has 2 aromatic rings. The molecular weight excluding hydrogens is 320 g/mol. The molecular formula is C18H24N4OS. The molecule has 1 heterocycles. The number of aromatic amines is 1. The van der Waals surface area contributed by atoms with E-state index in [1.165, 1.54) is 29.0 Å². The summed E-state index contributed by atoms with van der Waals surface area (Å²) in [6.45, 7) is 1.08. The van der Waals surface area contributed by atoms with Crippen molar-refractivity contribution in [2.24, 2.45) is 0 Å². The van der Waals surface area contributed by atoms with Gasteiger partial charge in [-0.3, -0.25) is 5.10 Å². The van der Waals surface area contributed by atoms with Gasteiger partial charge >= 0.3 is 6.03 Å². The van der Waals surface area contributed by atoms with Crippen LogP contribution in [0.25, 0.3) is 0 Å². The quantitative estimate of drug-likeness (QED) is 0.818. The predicted octanol–water partition coefficient (Wildman–Crippen LogP) is 3.35. The number of rotatable bonds is 5. The number of aromatic nitrogens is 2. The maximum absolute atomic E-state index is 12.3. The molecule has 0 radical (unpaired) electrons. The minimum absolute atomic E-state index is 0.0721. The van der Waals surface area contributed by atoms with Crippen molar-refractivity contribution in [1.82, 2.24) is 20.4 Å². The molecule has 5 nitrogen and oxygen atoms in total. The van der Waals surface area contributed by atoms with Gasteiger partial charge in [0.25, 0.3) is 0 Å². The number of thioether (sulfide) groups is 1. The van der Waals surface area contributed by atoms with Crippen LogP contribution < -0.4 is 5.32 Å². The van der Waals surface area contributed by atoms with Gasteiger partial charge in [0.15, 0.2) is 0 Å². The molecule has 1 aliphatic carbocycles. The number of H-pyrrole nitrogens is 1. The number of benzene rings is 1. The van der Waals surface area contributed by atoms with Crippen molar-refractivity contribution in [1.29, 1.82) is 0 Å². The average molecular weight is 344 g/mol. The molecule has 1 aromatic carbocycles. The summed E-state index contributed by atoms with van der Waals surface area (Å²) in [5.41, 5.74) is 4.68. The van der Waals surface area contributed by atoms with Crippen molar-refractivity contribution in [3.8, 4) is 0 Å². The Kier molecular flexibility index (Phi) is 5.45. The summed E-state index contributed by atoms with van der Waals surface area (Å²) in [5, 5.41) is 10.5. The van der Waals surface area contributed by atoms with E-state index in [-0.39, 0.29) is 6.03 Å². The summed E-state index contributed by atoms with van der Waals surface area (Å²) in [6.07, 6.45) is 6.62. The summed E-state index contributed by atoms with van der Waals surface area (Å²) < 4.78 is 0. The van der Waals surface area contributed by atoms with E-state index in [4.69, 9.17) is 0 Å². The maximum atomic E-state index is 12.3. The van der Waals surface area contributed by atoms with Gasteiger partial charge in [0.1, 0.15) is 0 Å². The predicted molar refractivity (Wildman–Crippen MR) is 97.2 cm³/mol. The van der Waals surface area contributed by atoms with E-state index in [9.17, 15) is 4.79 Å². The smallest absolute Gasteiger partial charge is 0.317 e. The first-order valence-electron chi connectivity index (χ1n) is 8.34. The summed E-state index contributed by atoms with van der Waals surface area (Å²) in [6, 6.07) is 8.16. The Morgan fingerprint density at radius 2 is 2.21 bits per heavy atom. The van der Waals surface area contributed by atoms with E-state index in [0.29, 0.717) is 13.1 Å². The number of carbonyl (C=O) groups is 1. The number of carbonyl (C=O) groups excluding carboxylic acids is 1. The number of hydrogen-bond donors (Lipinski definition) is 2. The van der Waals surface area contributed by atoms with Gasteiger partial charge in [0.05, 0.1) is 12.2 Å². The molecule has 1 aliphatic rings. The third-order valence-electron chi connectivity index (χ3n) is 4.45. The molecule has 0 bridgehead atoms. The topological polar surface area (TPSA) is 61.0 Å². The third-order valence-corrected chi connectivity index (χ3v) is 5.18. The Balaban J connectivity index is 1.56. The first kappa shape index (κ1) is 16.9. The van der Waals surface area contributed by atoms with Crippen molar-refractivity contribution in [3.05, 3.63) is 46.8 Å². The van der Waals surface area contributed by atoms with Crippen LogP contribution in [0.4, 0.5) is 4.79 Å². The lowest BCUT2D eigenvalue weighted by Gasteiger charge is -2.18. The fraction of sp³-hybridized carbons (Fsp3) is 0.444. The van der Waals surface area contributed by atoms with Crippen molar-refractivity contribution in [2.45, 2.75) is 43.7 Å². The lowest BCUT2D eigenvalue weighted by atomic mass is 9.96. The summed E-state index contributed by atoms with van der Waals surface area (Å²) in [5.74, 6) is 0. The standard InChI is InChI=1S/C18H24N4OS/c1-22(12-17-15-8-3-4-9-16(15)20-21-17)18(23)19-11-13-6-5-7-14(10-13)24-2/h5-7,10H,3-4,8-9,11-12H2,1-2H3,(H,19,23)(H,20,21). The molecule has 0 spiro atoms. The molecule has 0 fully saturated rings. The second-order valence-corrected chi connectivity index (χ2v) is 7.08. The molecule has 0 saturated carbocycles. The number of urea groups is 1. The molecule has 2 amide bonds. The van der Waals surface area contributed by atoms with Crippen molar-refractivity contribution in [3.63, 3.8) is 0 Å². The number of nitrogens with zero attached hydrogens (tertiary/aromatic N) is 2. The zero-order valence-electron chi connectivity index (χ0n) is 14.3. The van der Waals surface area contributed by atoms with Crippen LogP contribution in [0, 0.1) is 0 Å². The van der Waals surface area contributed by atoms with E-state index >= 15 is 0 Å². The number of fused-ring (bicyclic) bond motifs is 1. The number of amides is 2. The van der Waals surface area contributed by atoms with Crippen LogP contribution >= 0.6 is 11.8 Å². The Labute approximate surface area is 147 Å². The summed E-state index contributed by atoms with van der Waals surface area (Å²) >= 11 is 1.70. The van der Waals surface area contributed by atoms with Gasteiger partial charge in [-0.05, 0) is 55.2 Å². The Hall–Kier alpha value is -1.95. The van der Waals surface area contributed by atoms with E-state index in [0.717, 1.165) is 24.1 Å². The molecule has 2 N–H and O–H groups in total. The minimum atomic E-state index is -0.0721. The fourth-order valence-corrected chi connectivity index (χ4v) is 3.56. The minimum Gasteiger partial charge on any atom is -0.334 e. The molecule has 128 valence electrons. The van der Waals surface area contributed by atoms with Crippen LogP contribution in [0.2, 0.25) is 0 Å². The number of hydrogen-bond acceptors (Lipinski definition) is 3. The van der Waals surface area contributed by atoms with Crippen LogP contribution in [0.15, 0.2) is 29.2 Å². The zero-order valence-corrected chi connectivity index (χ0v) is 15.1. The van der Waals surface area contributed by atoms with Gasteiger partial charge in [-0.1, -0.05) is 12.1 Å². The lowest BCUT2D eigenvalue weighted by molar-refractivity contribution is 0.205. The average Bonchev–Trinajstić information content (AvgIpc) is 3.03. The van der Waals surface area contributed by atoms with Crippen LogP contribution in [-0.4, -0.2) is 34.4 Å². The molecule has 0 aliphatic heterocycles. The first-order valence-corrected chi connectivity index (χ1v) is 9.56. The maximum Gasteiger partial charge on any atom is 0.317 e. The highest BCUT2D eigenvalue weighted by Gasteiger charge is 2.19. The monoisotopic (exact) mass is 344 g/mol. The Bertz CT molecular complexity index is 713. The highest BCUT2D eigenvalue weighted by molar-refractivity contribution is 7.98.